The van der Waals surface area contributed by atoms with Gasteiger partial charge in [-0.25, -0.2) is 4.98 Å². The lowest BCUT2D eigenvalue weighted by molar-refractivity contribution is -0.137. The van der Waals surface area contributed by atoms with Gasteiger partial charge in [-0.2, -0.15) is 23.3 Å². The number of benzene rings is 2. The molecule has 2 heterocycles. The Morgan fingerprint density at radius 1 is 1.19 bits per heavy atom. The van der Waals surface area contributed by atoms with Gasteiger partial charge in [-0.05, 0) is 35.9 Å². The van der Waals surface area contributed by atoms with Crippen LogP contribution >= 0.6 is 11.6 Å². The molecule has 0 saturated heterocycles. The Labute approximate surface area is 208 Å². The van der Waals surface area contributed by atoms with Gasteiger partial charge in [0.2, 0.25) is 17.7 Å². The average molecular weight is 515 g/mol. The summed E-state index contributed by atoms with van der Waals surface area (Å²) in [7, 11) is 1.69. The van der Waals surface area contributed by atoms with E-state index in [1.165, 1.54) is 23.0 Å². The van der Waals surface area contributed by atoms with Gasteiger partial charge in [-0.15, -0.1) is 0 Å². The van der Waals surface area contributed by atoms with E-state index in [1.54, 1.807) is 37.5 Å². The molecule has 2 aromatic heterocycles. The van der Waals surface area contributed by atoms with E-state index in [-0.39, 0.29) is 17.0 Å². The van der Waals surface area contributed by atoms with Crippen molar-refractivity contribution in [1.29, 1.82) is 0 Å². The zero-order valence-corrected chi connectivity index (χ0v) is 19.4. The fourth-order valence-corrected chi connectivity index (χ4v) is 3.36. The highest BCUT2D eigenvalue weighted by Gasteiger charge is 2.30. The monoisotopic (exact) mass is 514 g/mol. The fourth-order valence-electron chi connectivity index (χ4n) is 3.15. The number of aromatic nitrogens is 4. The highest BCUT2D eigenvalue weighted by molar-refractivity contribution is 6.32. The molecule has 0 spiro atoms. The van der Waals surface area contributed by atoms with Crippen molar-refractivity contribution in [1.82, 2.24) is 19.7 Å². The summed E-state index contributed by atoms with van der Waals surface area (Å²) in [6, 6.07) is 11.0. The summed E-state index contributed by atoms with van der Waals surface area (Å²) in [6.07, 6.45) is -0.299. The molecule has 0 saturated carbocycles. The van der Waals surface area contributed by atoms with E-state index in [9.17, 15) is 18.0 Å². The van der Waals surface area contributed by atoms with Gasteiger partial charge >= 0.3 is 6.18 Å². The first-order valence-electron chi connectivity index (χ1n) is 10.3. The molecular weight excluding hydrogens is 497 g/mol. The minimum atomic E-state index is -4.47. The zero-order chi connectivity index (χ0) is 25.9. The first-order valence-corrected chi connectivity index (χ1v) is 10.7. The van der Waals surface area contributed by atoms with Crippen molar-refractivity contribution >= 4 is 34.8 Å². The molecule has 0 radical (unpaired) electrons. The molecule has 0 unspecified atom stereocenters. The van der Waals surface area contributed by atoms with Crippen LogP contribution in [0.3, 0.4) is 0 Å². The van der Waals surface area contributed by atoms with E-state index < -0.39 is 17.6 Å². The maximum atomic E-state index is 13.0. The van der Waals surface area contributed by atoms with Gasteiger partial charge in [0.1, 0.15) is 5.75 Å². The molecule has 0 aliphatic carbocycles. The Balaban J connectivity index is 1.72. The number of aryl methyl sites for hydroxylation is 1. The molecule has 4 aromatic rings. The predicted molar refractivity (Wildman–Crippen MR) is 129 cm³/mol. The quantitative estimate of drug-likeness (QED) is 0.285. The number of nitrogens with one attached hydrogen (secondary N) is 2. The Hall–Kier alpha value is -4.38. The summed E-state index contributed by atoms with van der Waals surface area (Å²) in [5, 5.41) is 9.79. The molecule has 0 atom stereocenters. The van der Waals surface area contributed by atoms with Crippen molar-refractivity contribution in [2.75, 3.05) is 10.6 Å². The molecular formula is C24H18ClF3N6O2. The van der Waals surface area contributed by atoms with Crippen molar-refractivity contribution in [2.24, 2.45) is 7.05 Å². The summed E-state index contributed by atoms with van der Waals surface area (Å²) < 4.78 is 46.6. The first-order chi connectivity index (χ1) is 17.1. The van der Waals surface area contributed by atoms with Crippen LogP contribution < -0.4 is 15.4 Å². The summed E-state index contributed by atoms with van der Waals surface area (Å²) in [4.78, 5) is 20.3. The van der Waals surface area contributed by atoms with Gasteiger partial charge in [-0.3, -0.25) is 9.48 Å². The van der Waals surface area contributed by atoms with Gasteiger partial charge in [0.15, 0.2) is 5.15 Å². The maximum absolute atomic E-state index is 13.0. The Kier molecular flexibility index (Phi) is 6.93. The van der Waals surface area contributed by atoms with Crippen LogP contribution in [0.5, 0.6) is 11.6 Å². The minimum absolute atomic E-state index is 0.0551. The fraction of sp³-hybridized carbons (Fsp3) is 0.0833. The van der Waals surface area contributed by atoms with Crippen LogP contribution in [0.25, 0.3) is 11.1 Å². The standard InChI is InChI=1S/C24H18ClF3N6O2/c1-3-20(35)30-16-5-4-6-17(11-16)36-22-18(14-7-9-15(10-8-14)24(26,27)28)12-29-23(32-22)31-19-13-34(2)33-21(19)25/h3-13H,1H2,2H3,(H,30,35)(H,29,31,32). The Morgan fingerprint density at radius 2 is 1.94 bits per heavy atom. The number of halogens is 4. The highest BCUT2D eigenvalue weighted by Crippen LogP contribution is 2.36. The van der Waals surface area contributed by atoms with E-state index in [1.807, 2.05) is 0 Å². The van der Waals surface area contributed by atoms with Crippen molar-refractivity contribution in [3.8, 4) is 22.8 Å². The van der Waals surface area contributed by atoms with Crippen molar-refractivity contribution in [3.63, 3.8) is 0 Å². The lowest BCUT2D eigenvalue weighted by Crippen LogP contribution is -2.07. The van der Waals surface area contributed by atoms with Gasteiger partial charge in [0.25, 0.3) is 0 Å². The summed E-state index contributed by atoms with van der Waals surface area (Å²) in [5.74, 6) is 0.0831. The highest BCUT2D eigenvalue weighted by atomic mass is 35.5. The second-order valence-corrected chi connectivity index (χ2v) is 7.80. The smallest absolute Gasteiger partial charge is 0.416 e. The number of anilines is 3. The van der Waals surface area contributed by atoms with Crippen LogP contribution in [-0.2, 0) is 18.0 Å². The lowest BCUT2D eigenvalue weighted by atomic mass is 10.1. The number of ether oxygens (including phenoxy) is 1. The molecule has 0 bridgehead atoms. The second kappa shape index (κ2) is 10.1. The van der Waals surface area contributed by atoms with Crippen molar-refractivity contribution < 1.29 is 22.7 Å². The number of amides is 1. The van der Waals surface area contributed by atoms with Crippen molar-refractivity contribution in [3.05, 3.63) is 84.3 Å². The van der Waals surface area contributed by atoms with Crippen LogP contribution in [0.2, 0.25) is 5.15 Å². The number of carbonyl (C=O) groups excluding carboxylic acids is 1. The molecule has 184 valence electrons. The SMILES string of the molecule is C=CC(=O)Nc1cccc(Oc2nc(Nc3cn(C)nc3Cl)ncc2-c2ccc(C(F)(F)F)cc2)c1. The van der Waals surface area contributed by atoms with Crippen LogP contribution in [0.1, 0.15) is 5.56 Å². The number of carbonyl (C=O) groups is 1. The molecule has 0 aliphatic rings. The van der Waals surface area contributed by atoms with Gasteiger partial charge < -0.3 is 15.4 Å². The van der Waals surface area contributed by atoms with Crippen molar-refractivity contribution in [2.45, 2.75) is 6.18 Å². The molecule has 0 aliphatic heterocycles. The van der Waals surface area contributed by atoms with E-state index in [0.717, 1.165) is 18.2 Å². The molecule has 4 rings (SSSR count). The van der Waals surface area contributed by atoms with Gasteiger partial charge in [0.05, 0.1) is 16.8 Å². The molecule has 1 amide bonds. The number of hydrogen-bond acceptors (Lipinski definition) is 6. The Bertz CT molecular complexity index is 1420. The van der Waals surface area contributed by atoms with Crippen LogP contribution in [0.15, 0.2) is 73.6 Å². The molecule has 8 nitrogen and oxygen atoms in total. The Morgan fingerprint density at radius 3 is 2.58 bits per heavy atom. The first kappa shape index (κ1) is 24.7. The zero-order valence-electron chi connectivity index (χ0n) is 18.7. The molecule has 36 heavy (non-hydrogen) atoms. The van der Waals surface area contributed by atoms with Gasteiger partial charge in [-0.1, -0.05) is 36.4 Å². The molecule has 2 aromatic carbocycles. The van der Waals surface area contributed by atoms with E-state index in [2.05, 4.69) is 32.3 Å². The third-order valence-corrected chi connectivity index (χ3v) is 5.09. The second-order valence-electron chi connectivity index (χ2n) is 7.44. The average Bonchev–Trinajstić information content (AvgIpc) is 3.15. The summed E-state index contributed by atoms with van der Waals surface area (Å²) >= 11 is 6.10. The topological polar surface area (TPSA) is 94.0 Å². The van der Waals surface area contributed by atoms with E-state index >= 15 is 0 Å². The lowest BCUT2D eigenvalue weighted by Gasteiger charge is -2.14. The number of hydrogen-bond donors (Lipinski definition) is 2. The number of alkyl halides is 3. The maximum Gasteiger partial charge on any atom is 0.416 e. The van der Waals surface area contributed by atoms with Crippen LogP contribution in [0, 0.1) is 0 Å². The summed E-state index contributed by atoms with van der Waals surface area (Å²) in [6.45, 7) is 3.41. The predicted octanol–water partition coefficient (Wildman–Crippen LogP) is 6.21. The van der Waals surface area contributed by atoms with E-state index in [4.69, 9.17) is 16.3 Å². The number of rotatable bonds is 7. The summed E-state index contributed by atoms with van der Waals surface area (Å²) in [5.41, 5.74) is 0.849. The van der Waals surface area contributed by atoms with Crippen LogP contribution in [-0.4, -0.2) is 25.7 Å². The third kappa shape index (κ3) is 5.81. The van der Waals surface area contributed by atoms with Gasteiger partial charge in [0, 0.05) is 31.2 Å². The molecule has 0 fully saturated rings. The molecule has 12 heteroatoms. The van der Waals surface area contributed by atoms with E-state index in [0.29, 0.717) is 28.3 Å². The van der Waals surface area contributed by atoms with Crippen LogP contribution in [0.4, 0.5) is 30.5 Å². The molecule has 2 N–H and O–H groups in total. The third-order valence-electron chi connectivity index (χ3n) is 4.81. The largest absolute Gasteiger partial charge is 0.438 e. The normalized spacial score (nSPS) is 11.1. The minimum Gasteiger partial charge on any atom is -0.438 e. The number of nitrogens with zero attached hydrogens (tertiary/aromatic N) is 4.